The van der Waals surface area contributed by atoms with Crippen molar-refractivity contribution >= 4 is 24.1 Å². The number of carbonyl (C=O) groups excluding carboxylic acids is 3. The van der Waals surface area contributed by atoms with Crippen molar-refractivity contribution in [2.45, 2.75) is 111 Å². The molecule has 0 saturated heterocycles. The summed E-state index contributed by atoms with van der Waals surface area (Å²) in [5.41, 5.74) is -0.171. The molecule has 1 rings (SSSR count). The number of hydrogen-bond donors (Lipinski definition) is 2. The highest BCUT2D eigenvalue weighted by Crippen LogP contribution is 2.22. The maximum Gasteiger partial charge on any atom is 0.408 e. The molecule has 0 unspecified atom stereocenters. The Bertz CT molecular complexity index is 931. The van der Waals surface area contributed by atoms with Gasteiger partial charge < -0.3 is 24.6 Å². The summed E-state index contributed by atoms with van der Waals surface area (Å²) in [7, 11) is 0. The highest BCUT2D eigenvalue weighted by atomic mass is 16.6. The van der Waals surface area contributed by atoms with Crippen molar-refractivity contribution < 1.29 is 33.7 Å². The maximum atomic E-state index is 13.1. The summed E-state index contributed by atoms with van der Waals surface area (Å²) < 4.78 is 16.5. The minimum atomic E-state index is -1.11. The standard InChI is InChI=1S/C30H47NO7/c1-28(2,3)36-25(33)23(14-10-12-21-15-17-22(18-16-21)13-11-19-32)20-24(26(34)37-29(4,5)6)31-27(35)38-30(7,8)9/h10,12,15-18,23-24,32H,11,13-14,19-20H2,1-9H3,(H,31,35)/t23-,24-/m0/s1. The average molecular weight is 534 g/mol. The van der Waals surface area contributed by atoms with E-state index in [-0.39, 0.29) is 19.4 Å². The lowest BCUT2D eigenvalue weighted by Crippen LogP contribution is -2.47. The molecule has 1 aromatic rings. The van der Waals surface area contributed by atoms with E-state index in [0.717, 1.165) is 17.5 Å². The van der Waals surface area contributed by atoms with Crippen LogP contribution in [0.2, 0.25) is 0 Å². The second kappa shape index (κ2) is 14.3. The largest absolute Gasteiger partial charge is 0.460 e. The molecule has 8 nitrogen and oxygen atoms in total. The summed E-state index contributed by atoms with van der Waals surface area (Å²) in [6.45, 7) is 15.9. The van der Waals surface area contributed by atoms with Crippen LogP contribution in [-0.4, -0.2) is 52.6 Å². The molecular formula is C30H47NO7. The molecule has 0 spiro atoms. The SMILES string of the molecule is CC(C)(C)OC(=O)N[C@@H](C[C@H](CC=Cc1ccc(CCCO)cc1)C(=O)OC(C)(C)C)C(=O)OC(C)(C)C. The van der Waals surface area contributed by atoms with E-state index in [1.54, 1.807) is 62.3 Å². The first-order valence-corrected chi connectivity index (χ1v) is 13.2. The molecule has 38 heavy (non-hydrogen) atoms. The van der Waals surface area contributed by atoms with Gasteiger partial charge in [-0.05, 0) is 99.1 Å². The molecule has 0 bridgehead atoms. The minimum Gasteiger partial charge on any atom is -0.460 e. The zero-order valence-corrected chi connectivity index (χ0v) is 24.6. The molecule has 8 heteroatoms. The van der Waals surface area contributed by atoms with Crippen molar-refractivity contribution in [2.75, 3.05) is 6.61 Å². The number of aliphatic hydroxyl groups excluding tert-OH is 1. The Balaban J connectivity index is 3.14. The summed E-state index contributed by atoms with van der Waals surface area (Å²) >= 11 is 0. The van der Waals surface area contributed by atoms with Crippen LogP contribution >= 0.6 is 0 Å². The molecule has 0 saturated carbocycles. The third-order valence-electron chi connectivity index (χ3n) is 4.98. The molecule has 1 amide bonds. The molecule has 0 fully saturated rings. The molecule has 2 N–H and O–H groups in total. The Labute approximate surface area is 228 Å². The van der Waals surface area contributed by atoms with Crippen LogP contribution in [0.25, 0.3) is 6.08 Å². The number of amides is 1. The third kappa shape index (κ3) is 14.8. The van der Waals surface area contributed by atoms with Gasteiger partial charge in [-0.1, -0.05) is 36.4 Å². The number of alkyl carbamates (subject to hydrolysis) is 1. The molecule has 0 aliphatic carbocycles. The first kappa shape index (κ1) is 33.2. The fourth-order valence-corrected chi connectivity index (χ4v) is 3.44. The number of carbonyl (C=O) groups is 3. The van der Waals surface area contributed by atoms with Crippen molar-refractivity contribution in [1.29, 1.82) is 0 Å². The Morgan fingerprint density at radius 2 is 1.37 bits per heavy atom. The highest BCUT2D eigenvalue weighted by Gasteiger charge is 2.34. The van der Waals surface area contributed by atoms with Crippen LogP contribution in [0.3, 0.4) is 0 Å². The zero-order chi connectivity index (χ0) is 29.1. The lowest BCUT2D eigenvalue weighted by Gasteiger charge is -2.29. The molecule has 2 atom stereocenters. The lowest BCUT2D eigenvalue weighted by atomic mass is 9.95. The molecule has 0 heterocycles. The van der Waals surface area contributed by atoms with Crippen molar-refractivity contribution in [3.8, 4) is 0 Å². The Morgan fingerprint density at radius 3 is 1.87 bits per heavy atom. The first-order valence-electron chi connectivity index (χ1n) is 13.2. The number of ether oxygens (including phenoxy) is 3. The van der Waals surface area contributed by atoms with E-state index >= 15 is 0 Å². The van der Waals surface area contributed by atoms with Gasteiger partial charge >= 0.3 is 18.0 Å². The number of benzene rings is 1. The van der Waals surface area contributed by atoms with Crippen LogP contribution in [0.1, 0.15) is 92.7 Å². The summed E-state index contributed by atoms with van der Waals surface area (Å²) in [6, 6.07) is 6.84. The molecule has 0 radical (unpaired) electrons. The second-order valence-corrected chi connectivity index (χ2v) is 12.4. The maximum absolute atomic E-state index is 13.1. The van der Waals surface area contributed by atoms with Crippen LogP contribution in [-0.2, 0) is 30.2 Å². The number of aliphatic hydroxyl groups is 1. The van der Waals surface area contributed by atoms with E-state index in [1.165, 1.54) is 0 Å². The van der Waals surface area contributed by atoms with E-state index in [9.17, 15) is 14.4 Å². The van der Waals surface area contributed by atoms with Crippen molar-refractivity contribution in [2.24, 2.45) is 5.92 Å². The molecule has 0 aromatic heterocycles. The fraction of sp³-hybridized carbons (Fsp3) is 0.633. The van der Waals surface area contributed by atoms with Crippen molar-refractivity contribution in [3.63, 3.8) is 0 Å². The van der Waals surface area contributed by atoms with Crippen LogP contribution in [0.4, 0.5) is 4.79 Å². The number of rotatable bonds is 11. The topological polar surface area (TPSA) is 111 Å². The Kier molecular flexibility index (Phi) is 12.5. The summed E-state index contributed by atoms with van der Waals surface area (Å²) in [5.74, 6) is -1.85. The quantitative estimate of drug-likeness (QED) is 0.281. The molecular weight excluding hydrogens is 486 g/mol. The van der Waals surface area contributed by atoms with Crippen molar-refractivity contribution in [1.82, 2.24) is 5.32 Å². The second-order valence-electron chi connectivity index (χ2n) is 12.4. The molecule has 214 valence electrons. The van der Waals surface area contributed by atoms with Gasteiger partial charge in [-0.3, -0.25) is 4.79 Å². The van der Waals surface area contributed by atoms with Gasteiger partial charge in [-0.15, -0.1) is 0 Å². The predicted molar refractivity (Wildman–Crippen MR) is 148 cm³/mol. The van der Waals surface area contributed by atoms with Gasteiger partial charge in [0.15, 0.2) is 0 Å². The van der Waals surface area contributed by atoms with Gasteiger partial charge in [0.25, 0.3) is 0 Å². The Morgan fingerprint density at radius 1 is 0.842 bits per heavy atom. The van der Waals surface area contributed by atoms with Crippen LogP contribution in [0.15, 0.2) is 30.3 Å². The fourth-order valence-electron chi connectivity index (χ4n) is 3.44. The predicted octanol–water partition coefficient (Wildman–Crippen LogP) is 5.60. The van der Waals surface area contributed by atoms with E-state index in [2.05, 4.69) is 5.32 Å². The number of esters is 2. The van der Waals surface area contributed by atoms with Crippen LogP contribution in [0, 0.1) is 5.92 Å². The van der Waals surface area contributed by atoms with E-state index in [1.807, 2.05) is 36.4 Å². The first-order chi connectivity index (χ1) is 17.4. The number of nitrogens with one attached hydrogen (secondary N) is 1. The van der Waals surface area contributed by atoms with E-state index in [4.69, 9.17) is 19.3 Å². The van der Waals surface area contributed by atoms with Crippen LogP contribution < -0.4 is 5.32 Å². The normalized spacial score (nSPS) is 14.1. The van der Waals surface area contributed by atoms with Crippen LogP contribution in [0.5, 0.6) is 0 Å². The Hall–Kier alpha value is -2.87. The van der Waals surface area contributed by atoms with Gasteiger partial charge in [0.05, 0.1) is 5.92 Å². The van der Waals surface area contributed by atoms with E-state index in [0.29, 0.717) is 6.42 Å². The lowest BCUT2D eigenvalue weighted by molar-refractivity contribution is -0.162. The molecule has 1 aromatic carbocycles. The van der Waals surface area contributed by atoms with Gasteiger partial charge in [0.2, 0.25) is 0 Å². The summed E-state index contributed by atoms with van der Waals surface area (Å²) in [4.78, 5) is 38.7. The third-order valence-corrected chi connectivity index (χ3v) is 4.98. The monoisotopic (exact) mass is 533 g/mol. The number of hydrogen-bond acceptors (Lipinski definition) is 7. The summed E-state index contributed by atoms with van der Waals surface area (Å²) in [6.07, 6.45) is 4.77. The van der Waals surface area contributed by atoms with Crippen molar-refractivity contribution in [3.05, 3.63) is 41.5 Å². The molecule has 0 aliphatic rings. The average Bonchev–Trinajstić information content (AvgIpc) is 2.73. The highest BCUT2D eigenvalue weighted by molar-refractivity contribution is 5.83. The summed E-state index contributed by atoms with van der Waals surface area (Å²) in [5, 5.41) is 11.6. The number of aryl methyl sites for hydroxylation is 1. The van der Waals surface area contributed by atoms with Gasteiger partial charge in [0.1, 0.15) is 22.8 Å². The van der Waals surface area contributed by atoms with E-state index < -0.39 is 46.8 Å². The van der Waals surface area contributed by atoms with Gasteiger partial charge in [0, 0.05) is 6.61 Å². The number of allylic oxidation sites excluding steroid dienone is 1. The minimum absolute atomic E-state index is 0.0203. The van der Waals surface area contributed by atoms with Gasteiger partial charge in [-0.2, -0.15) is 0 Å². The smallest absolute Gasteiger partial charge is 0.408 e. The van der Waals surface area contributed by atoms with Gasteiger partial charge in [-0.25, -0.2) is 9.59 Å². The molecule has 0 aliphatic heterocycles. The zero-order valence-electron chi connectivity index (χ0n) is 24.6.